The molecule has 0 spiro atoms. The summed E-state index contributed by atoms with van der Waals surface area (Å²) in [5.74, 6) is -0.294. The van der Waals surface area contributed by atoms with E-state index in [9.17, 15) is 13.2 Å². The molecule has 4 rings (SSSR count). The molecule has 1 saturated heterocycles. The van der Waals surface area contributed by atoms with Gasteiger partial charge >= 0.3 is 0 Å². The summed E-state index contributed by atoms with van der Waals surface area (Å²) in [5, 5.41) is 7.45. The SMILES string of the molecule is Cc1oc(C(=O)NC(c2ccc(Cl)cc2)c2ccsc2)cc1S(=O)(=O)N1CCCC1. The lowest BCUT2D eigenvalue weighted by Gasteiger charge is -2.18. The van der Waals surface area contributed by atoms with E-state index in [1.165, 1.54) is 21.7 Å². The van der Waals surface area contributed by atoms with Crippen LogP contribution in [0.4, 0.5) is 0 Å². The fourth-order valence-electron chi connectivity index (χ4n) is 3.56. The van der Waals surface area contributed by atoms with Crippen LogP contribution in [0.2, 0.25) is 5.02 Å². The average Bonchev–Trinajstić information content (AvgIpc) is 3.48. The minimum Gasteiger partial charge on any atom is -0.455 e. The fraction of sp³-hybridized carbons (Fsp3) is 0.286. The van der Waals surface area contributed by atoms with E-state index in [2.05, 4.69) is 5.32 Å². The van der Waals surface area contributed by atoms with Crippen molar-refractivity contribution < 1.29 is 17.6 Å². The highest BCUT2D eigenvalue weighted by Crippen LogP contribution is 2.29. The first kappa shape index (κ1) is 21.1. The van der Waals surface area contributed by atoms with Gasteiger partial charge in [0.25, 0.3) is 5.91 Å². The maximum atomic E-state index is 13.0. The van der Waals surface area contributed by atoms with Gasteiger partial charge in [0.1, 0.15) is 10.7 Å². The molecule has 1 atom stereocenters. The van der Waals surface area contributed by atoms with Crippen LogP contribution < -0.4 is 5.32 Å². The number of thiophene rings is 1. The van der Waals surface area contributed by atoms with Crippen LogP contribution in [-0.2, 0) is 10.0 Å². The third-order valence-electron chi connectivity index (χ3n) is 5.13. The molecule has 1 aliphatic heterocycles. The third-order valence-corrected chi connectivity index (χ3v) is 8.09. The number of halogens is 1. The van der Waals surface area contributed by atoms with E-state index in [1.807, 2.05) is 29.0 Å². The number of amides is 1. The van der Waals surface area contributed by atoms with E-state index >= 15 is 0 Å². The highest BCUT2D eigenvalue weighted by Gasteiger charge is 2.32. The number of nitrogens with one attached hydrogen (secondary N) is 1. The minimum atomic E-state index is -3.66. The van der Waals surface area contributed by atoms with Crippen LogP contribution in [0.25, 0.3) is 0 Å². The molecular formula is C21H21ClN2O4S2. The van der Waals surface area contributed by atoms with Crippen molar-refractivity contribution in [3.8, 4) is 0 Å². The summed E-state index contributed by atoms with van der Waals surface area (Å²) in [6.07, 6.45) is 1.68. The number of carbonyl (C=O) groups is 1. The second-order valence-corrected chi connectivity index (χ2v) is 10.3. The number of nitrogens with zero attached hydrogens (tertiary/aromatic N) is 1. The average molecular weight is 465 g/mol. The molecule has 1 amide bonds. The Balaban J connectivity index is 1.61. The molecule has 6 nitrogen and oxygen atoms in total. The van der Waals surface area contributed by atoms with Crippen molar-refractivity contribution in [1.29, 1.82) is 0 Å². The number of aryl methyl sites for hydroxylation is 1. The normalized spacial score (nSPS) is 15.9. The van der Waals surface area contributed by atoms with Crippen molar-refractivity contribution in [1.82, 2.24) is 9.62 Å². The molecule has 3 aromatic rings. The predicted molar refractivity (Wildman–Crippen MR) is 117 cm³/mol. The Labute approximate surface area is 184 Å². The highest BCUT2D eigenvalue weighted by molar-refractivity contribution is 7.89. The quantitative estimate of drug-likeness (QED) is 0.577. The molecule has 9 heteroatoms. The summed E-state index contributed by atoms with van der Waals surface area (Å²) < 4.78 is 32.8. The standard InChI is InChI=1S/C21H21ClN2O4S2/c1-14-19(30(26,27)24-9-2-3-10-24)12-18(28-14)21(25)23-20(16-8-11-29-13-16)15-4-6-17(22)7-5-15/h4-8,11-13,20H,2-3,9-10H2,1H3,(H,23,25). The van der Waals surface area contributed by atoms with Crippen LogP contribution in [0.5, 0.6) is 0 Å². The van der Waals surface area contributed by atoms with Gasteiger partial charge in [0.2, 0.25) is 10.0 Å². The van der Waals surface area contributed by atoms with Gasteiger partial charge in [0.05, 0.1) is 6.04 Å². The summed E-state index contributed by atoms with van der Waals surface area (Å²) >= 11 is 7.53. The predicted octanol–water partition coefficient (Wildman–Crippen LogP) is 4.61. The Morgan fingerprint density at radius 1 is 1.17 bits per heavy atom. The van der Waals surface area contributed by atoms with E-state index in [-0.39, 0.29) is 16.4 Å². The number of sulfonamides is 1. The van der Waals surface area contributed by atoms with Crippen molar-refractivity contribution >= 4 is 38.9 Å². The minimum absolute atomic E-state index is 0.0283. The van der Waals surface area contributed by atoms with Crippen LogP contribution in [0, 0.1) is 6.92 Å². The van der Waals surface area contributed by atoms with Gasteiger partial charge in [0, 0.05) is 24.2 Å². The molecule has 1 N–H and O–H groups in total. The van der Waals surface area contributed by atoms with Crippen molar-refractivity contribution in [2.24, 2.45) is 0 Å². The summed E-state index contributed by atoms with van der Waals surface area (Å²) in [6.45, 7) is 2.55. The Hall–Kier alpha value is -2.13. The molecule has 1 unspecified atom stereocenters. The van der Waals surface area contributed by atoms with Crippen molar-refractivity contribution in [2.75, 3.05) is 13.1 Å². The number of hydrogen-bond donors (Lipinski definition) is 1. The van der Waals surface area contributed by atoms with E-state index in [4.69, 9.17) is 16.0 Å². The monoisotopic (exact) mass is 464 g/mol. The lowest BCUT2D eigenvalue weighted by molar-refractivity contribution is 0.0913. The van der Waals surface area contributed by atoms with Gasteiger partial charge in [-0.25, -0.2) is 8.42 Å². The third kappa shape index (κ3) is 4.18. The summed E-state index contributed by atoms with van der Waals surface area (Å²) in [5.41, 5.74) is 1.78. The molecule has 0 bridgehead atoms. The van der Waals surface area contributed by atoms with E-state index in [0.717, 1.165) is 24.0 Å². The lowest BCUT2D eigenvalue weighted by atomic mass is 10.0. The Kier molecular flexibility index (Phi) is 6.02. The molecule has 0 radical (unpaired) electrons. The van der Waals surface area contributed by atoms with Crippen molar-refractivity contribution in [2.45, 2.75) is 30.7 Å². The van der Waals surface area contributed by atoms with Gasteiger partial charge in [-0.15, -0.1) is 0 Å². The maximum Gasteiger partial charge on any atom is 0.287 e. The van der Waals surface area contributed by atoms with Gasteiger partial charge in [-0.05, 0) is 59.9 Å². The molecule has 158 valence electrons. The van der Waals surface area contributed by atoms with Crippen molar-refractivity contribution in [3.63, 3.8) is 0 Å². The number of rotatable bonds is 6. The molecule has 30 heavy (non-hydrogen) atoms. The van der Waals surface area contributed by atoms with Crippen LogP contribution in [-0.4, -0.2) is 31.7 Å². The van der Waals surface area contributed by atoms with Gasteiger partial charge in [0.15, 0.2) is 5.76 Å². The molecule has 1 fully saturated rings. The molecule has 0 aliphatic carbocycles. The largest absolute Gasteiger partial charge is 0.455 e. The molecule has 3 heterocycles. The molecular weight excluding hydrogens is 444 g/mol. The summed E-state index contributed by atoms with van der Waals surface area (Å²) in [7, 11) is -3.66. The zero-order chi connectivity index (χ0) is 21.3. The Morgan fingerprint density at radius 3 is 2.50 bits per heavy atom. The van der Waals surface area contributed by atoms with E-state index in [1.54, 1.807) is 19.1 Å². The summed E-state index contributed by atoms with van der Waals surface area (Å²) in [6, 6.07) is 10.1. The number of hydrogen-bond acceptors (Lipinski definition) is 5. The first-order chi connectivity index (χ1) is 14.4. The van der Waals surface area contributed by atoms with Gasteiger partial charge in [-0.3, -0.25) is 4.79 Å². The van der Waals surface area contributed by atoms with Crippen LogP contribution in [0.3, 0.4) is 0 Å². The maximum absolute atomic E-state index is 13.0. The van der Waals surface area contributed by atoms with Gasteiger partial charge in [-0.1, -0.05) is 23.7 Å². The Bertz CT molecular complexity index is 1130. The van der Waals surface area contributed by atoms with E-state index < -0.39 is 22.0 Å². The smallest absolute Gasteiger partial charge is 0.287 e. The molecule has 1 aliphatic rings. The molecule has 2 aromatic heterocycles. The number of furan rings is 1. The zero-order valence-electron chi connectivity index (χ0n) is 16.3. The molecule has 0 saturated carbocycles. The van der Waals surface area contributed by atoms with Crippen LogP contribution >= 0.6 is 22.9 Å². The number of carbonyl (C=O) groups excluding carboxylic acids is 1. The first-order valence-electron chi connectivity index (χ1n) is 9.55. The molecule has 1 aromatic carbocycles. The van der Waals surface area contributed by atoms with Crippen molar-refractivity contribution in [3.05, 3.63) is 74.8 Å². The fourth-order valence-corrected chi connectivity index (χ4v) is 6.05. The zero-order valence-corrected chi connectivity index (χ0v) is 18.7. The first-order valence-corrected chi connectivity index (χ1v) is 12.3. The summed E-state index contributed by atoms with van der Waals surface area (Å²) in [4.78, 5) is 13.0. The van der Waals surface area contributed by atoms with Crippen LogP contribution in [0.1, 0.15) is 46.3 Å². The second kappa shape index (κ2) is 8.55. The highest BCUT2D eigenvalue weighted by atomic mass is 35.5. The Morgan fingerprint density at radius 2 is 1.87 bits per heavy atom. The van der Waals surface area contributed by atoms with E-state index in [0.29, 0.717) is 18.1 Å². The van der Waals surface area contributed by atoms with Crippen LogP contribution in [0.15, 0.2) is 56.5 Å². The van der Waals surface area contributed by atoms with Gasteiger partial charge < -0.3 is 9.73 Å². The number of benzene rings is 1. The van der Waals surface area contributed by atoms with Gasteiger partial charge in [-0.2, -0.15) is 15.6 Å². The topological polar surface area (TPSA) is 79.6 Å². The second-order valence-electron chi connectivity index (χ2n) is 7.16. The lowest BCUT2D eigenvalue weighted by Crippen LogP contribution is -2.29.